The average Bonchev–Trinajstić information content (AvgIpc) is 2.60. The second-order valence-electron chi connectivity index (χ2n) is 6.49. The van der Waals surface area contributed by atoms with Gasteiger partial charge in [-0.25, -0.2) is 4.39 Å². The summed E-state index contributed by atoms with van der Waals surface area (Å²) in [6.45, 7) is 4.11. The fraction of sp³-hybridized carbons (Fsp3) is 0.471. The summed E-state index contributed by atoms with van der Waals surface area (Å²) in [5.41, 5.74) is -0.938. The minimum absolute atomic E-state index is 0.0806. The van der Waals surface area contributed by atoms with Crippen LogP contribution in [0.5, 0.6) is 0 Å². The first-order valence-corrected chi connectivity index (χ1v) is 7.69. The van der Waals surface area contributed by atoms with E-state index < -0.39 is 35.1 Å². The molecule has 7 nitrogen and oxygen atoms in total. The van der Waals surface area contributed by atoms with E-state index in [1.54, 1.807) is 0 Å². The molecular weight excluding hydrogens is 329 g/mol. The Balaban J connectivity index is 2.64. The van der Waals surface area contributed by atoms with Gasteiger partial charge in [0, 0.05) is 12.0 Å². The Labute approximate surface area is 145 Å². The Morgan fingerprint density at radius 2 is 2.00 bits per heavy atom. The number of hydrogen-bond donors (Lipinski definition) is 4. The Hall–Kier alpha value is -2.50. The molecule has 0 saturated carbocycles. The van der Waals surface area contributed by atoms with Crippen LogP contribution in [0.15, 0.2) is 18.2 Å². The van der Waals surface area contributed by atoms with Gasteiger partial charge >= 0.3 is 0 Å². The highest BCUT2D eigenvalue weighted by atomic mass is 19.1. The maximum Gasteiger partial charge on any atom is 0.249 e. The van der Waals surface area contributed by atoms with Crippen molar-refractivity contribution in [3.8, 4) is 6.07 Å². The number of nitriles is 1. The molecule has 8 heteroatoms. The zero-order chi connectivity index (χ0) is 19.2. The summed E-state index contributed by atoms with van der Waals surface area (Å²) in [6.07, 6.45) is -1.43. The minimum atomic E-state index is -1.43. The number of hydrogen-bond acceptors (Lipinski definition) is 5. The van der Waals surface area contributed by atoms with Gasteiger partial charge in [-0.2, -0.15) is 5.26 Å². The first-order valence-electron chi connectivity index (χ1n) is 7.69. The lowest BCUT2D eigenvalue weighted by Crippen LogP contribution is -2.47. The molecule has 1 rings (SSSR count). The number of aliphatic hydroxyl groups excluding tert-OH is 2. The molecule has 0 radical (unpaired) electrons. The molecular formula is C17H22FN3O4. The number of nitrogens with one attached hydrogen (secondary N) is 2. The van der Waals surface area contributed by atoms with Crippen LogP contribution in [-0.2, 0) is 9.59 Å². The number of carbonyl (C=O) groups is 2. The summed E-state index contributed by atoms with van der Waals surface area (Å²) in [5, 5.41) is 32.6. The molecule has 0 aliphatic rings. The summed E-state index contributed by atoms with van der Waals surface area (Å²) >= 11 is 0. The third-order valence-electron chi connectivity index (χ3n) is 3.78. The lowest BCUT2D eigenvalue weighted by molar-refractivity contribution is -0.137. The van der Waals surface area contributed by atoms with Gasteiger partial charge in [0.2, 0.25) is 11.8 Å². The first-order chi connectivity index (χ1) is 11.6. The molecule has 0 aliphatic carbocycles. The highest BCUT2D eigenvalue weighted by Crippen LogP contribution is 2.20. The molecule has 136 valence electrons. The number of rotatable bonds is 7. The van der Waals surface area contributed by atoms with E-state index in [1.165, 1.54) is 32.9 Å². The van der Waals surface area contributed by atoms with Crippen LogP contribution in [-0.4, -0.2) is 41.3 Å². The van der Waals surface area contributed by atoms with Crippen molar-refractivity contribution in [1.29, 1.82) is 5.26 Å². The zero-order valence-corrected chi connectivity index (χ0v) is 14.3. The number of anilines is 1. The molecule has 1 aromatic rings. The topological polar surface area (TPSA) is 122 Å². The van der Waals surface area contributed by atoms with Crippen molar-refractivity contribution < 1.29 is 24.2 Å². The van der Waals surface area contributed by atoms with Crippen molar-refractivity contribution in [3.63, 3.8) is 0 Å². The summed E-state index contributed by atoms with van der Waals surface area (Å²) in [6, 6.07) is 5.43. The second kappa shape index (κ2) is 8.55. The van der Waals surface area contributed by atoms with Gasteiger partial charge in [-0.3, -0.25) is 9.59 Å². The van der Waals surface area contributed by atoms with E-state index in [9.17, 15) is 19.1 Å². The van der Waals surface area contributed by atoms with E-state index in [-0.39, 0.29) is 24.4 Å². The SMILES string of the molecule is C[C@@H](CNC(=O)[C@H](O)C(C)(C)CO)C(=O)Nc1cc(C#N)ccc1F. The average molecular weight is 351 g/mol. The van der Waals surface area contributed by atoms with Gasteiger partial charge in [-0.05, 0) is 18.2 Å². The number of aliphatic hydroxyl groups is 2. The summed E-state index contributed by atoms with van der Waals surface area (Å²) in [4.78, 5) is 24.0. The molecule has 0 aliphatic heterocycles. The number of halogens is 1. The van der Waals surface area contributed by atoms with Gasteiger partial charge in [-0.1, -0.05) is 20.8 Å². The van der Waals surface area contributed by atoms with Crippen LogP contribution in [0.3, 0.4) is 0 Å². The first kappa shape index (κ1) is 20.5. The predicted octanol–water partition coefficient (Wildman–Crippen LogP) is 0.768. The van der Waals surface area contributed by atoms with Crippen molar-refractivity contribution in [1.82, 2.24) is 5.32 Å². The van der Waals surface area contributed by atoms with Gasteiger partial charge in [-0.15, -0.1) is 0 Å². The molecule has 2 atom stereocenters. The molecule has 0 aromatic heterocycles. The normalized spacial score (nSPS) is 13.5. The smallest absolute Gasteiger partial charge is 0.249 e. The van der Waals surface area contributed by atoms with E-state index in [1.807, 2.05) is 6.07 Å². The third-order valence-corrected chi connectivity index (χ3v) is 3.78. The maximum atomic E-state index is 13.7. The van der Waals surface area contributed by atoms with Crippen molar-refractivity contribution in [2.45, 2.75) is 26.9 Å². The van der Waals surface area contributed by atoms with Crippen LogP contribution >= 0.6 is 0 Å². The van der Waals surface area contributed by atoms with Crippen molar-refractivity contribution in [2.24, 2.45) is 11.3 Å². The molecule has 0 heterocycles. The standard InChI is InChI=1S/C17H22FN3O4/c1-10(8-20-16(25)14(23)17(2,3)9-22)15(24)21-13-6-11(7-19)4-5-12(13)18/h4-6,10,14,22-23H,8-9H2,1-3H3,(H,20,25)(H,21,24)/t10-,14-/m0/s1. The number of amides is 2. The monoisotopic (exact) mass is 351 g/mol. The van der Waals surface area contributed by atoms with Crippen LogP contribution in [0.4, 0.5) is 10.1 Å². The van der Waals surface area contributed by atoms with Gasteiger partial charge in [0.1, 0.15) is 11.9 Å². The van der Waals surface area contributed by atoms with E-state index >= 15 is 0 Å². The zero-order valence-electron chi connectivity index (χ0n) is 14.3. The number of nitrogens with zero attached hydrogens (tertiary/aromatic N) is 1. The van der Waals surface area contributed by atoms with Crippen LogP contribution in [0.2, 0.25) is 0 Å². The Morgan fingerprint density at radius 3 is 2.56 bits per heavy atom. The molecule has 0 unspecified atom stereocenters. The number of benzene rings is 1. The molecule has 0 fully saturated rings. The van der Waals surface area contributed by atoms with Gasteiger partial charge < -0.3 is 20.8 Å². The second-order valence-corrected chi connectivity index (χ2v) is 6.49. The van der Waals surface area contributed by atoms with Crippen molar-refractivity contribution in [2.75, 3.05) is 18.5 Å². The lowest BCUT2D eigenvalue weighted by Gasteiger charge is -2.27. The van der Waals surface area contributed by atoms with E-state index in [0.29, 0.717) is 0 Å². The predicted molar refractivity (Wildman–Crippen MR) is 88.8 cm³/mol. The van der Waals surface area contributed by atoms with Crippen LogP contribution in [0.1, 0.15) is 26.3 Å². The molecule has 4 N–H and O–H groups in total. The van der Waals surface area contributed by atoms with Crippen LogP contribution in [0, 0.1) is 28.5 Å². The summed E-state index contributed by atoms with van der Waals surface area (Å²) in [5.74, 6) is -2.65. The number of carbonyl (C=O) groups excluding carboxylic acids is 2. The summed E-state index contributed by atoms with van der Waals surface area (Å²) in [7, 11) is 0. The Morgan fingerprint density at radius 1 is 1.36 bits per heavy atom. The quantitative estimate of drug-likeness (QED) is 0.578. The lowest BCUT2D eigenvalue weighted by atomic mass is 9.87. The van der Waals surface area contributed by atoms with Gasteiger partial charge in [0.05, 0.1) is 29.8 Å². The molecule has 0 saturated heterocycles. The highest BCUT2D eigenvalue weighted by molar-refractivity contribution is 5.93. The molecule has 0 spiro atoms. The highest BCUT2D eigenvalue weighted by Gasteiger charge is 2.33. The van der Waals surface area contributed by atoms with Gasteiger partial charge in [0.15, 0.2) is 0 Å². The van der Waals surface area contributed by atoms with Gasteiger partial charge in [0.25, 0.3) is 0 Å². The van der Waals surface area contributed by atoms with Crippen LogP contribution < -0.4 is 10.6 Å². The molecule has 2 amide bonds. The largest absolute Gasteiger partial charge is 0.396 e. The maximum absolute atomic E-state index is 13.7. The van der Waals surface area contributed by atoms with Crippen LogP contribution in [0.25, 0.3) is 0 Å². The van der Waals surface area contributed by atoms with Crippen molar-refractivity contribution in [3.05, 3.63) is 29.6 Å². The molecule has 25 heavy (non-hydrogen) atoms. The van der Waals surface area contributed by atoms with E-state index in [0.717, 1.165) is 6.07 Å². The molecule has 1 aromatic carbocycles. The Kier molecular flexibility index (Phi) is 7.03. The molecule has 0 bridgehead atoms. The fourth-order valence-corrected chi connectivity index (χ4v) is 1.83. The Bertz CT molecular complexity index is 685. The minimum Gasteiger partial charge on any atom is -0.396 e. The fourth-order valence-electron chi connectivity index (χ4n) is 1.83. The van der Waals surface area contributed by atoms with E-state index in [2.05, 4.69) is 10.6 Å². The third kappa shape index (κ3) is 5.52. The van der Waals surface area contributed by atoms with Crippen molar-refractivity contribution >= 4 is 17.5 Å². The van der Waals surface area contributed by atoms with E-state index in [4.69, 9.17) is 10.4 Å². The summed E-state index contributed by atoms with van der Waals surface area (Å²) < 4.78 is 13.7.